The van der Waals surface area contributed by atoms with Gasteiger partial charge in [-0.25, -0.2) is 13.1 Å². The van der Waals surface area contributed by atoms with E-state index in [1.54, 1.807) is 12.1 Å². The van der Waals surface area contributed by atoms with Crippen molar-refractivity contribution in [1.82, 2.24) is 10.0 Å². The molecule has 7 nitrogen and oxygen atoms in total. The third-order valence-electron chi connectivity index (χ3n) is 3.42. The summed E-state index contributed by atoms with van der Waals surface area (Å²) in [6.45, 7) is -0.00184. The maximum atomic E-state index is 12.6. The van der Waals surface area contributed by atoms with Crippen LogP contribution >= 0.6 is 0 Å². The molecular formula is C17H20N2O5S. The Morgan fingerprint density at radius 3 is 2.52 bits per heavy atom. The molecule has 0 bridgehead atoms. The minimum atomic E-state index is -3.88. The molecule has 3 N–H and O–H groups in total. The van der Waals surface area contributed by atoms with Crippen LogP contribution in [-0.4, -0.2) is 39.7 Å². The van der Waals surface area contributed by atoms with Gasteiger partial charge in [-0.2, -0.15) is 0 Å². The summed E-state index contributed by atoms with van der Waals surface area (Å²) in [6, 6.07) is 13.2. The normalized spacial score (nSPS) is 11.1. The Labute approximate surface area is 146 Å². The van der Waals surface area contributed by atoms with Gasteiger partial charge in [0, 0.05) is 18.7 Å². The van der Waals surface area contributed by atoms with Crippen LogP contribution in [0.4, 0.5) is 0 Å². The molecule has 0 aliphatic carbocycles. The smallest absolute Gasteiger partial charge is 0.251 e. The summed E-state index contributed by atoms with van der Waals surface area (Å²) in [5.41, 5.74) is 0.969. The summed E-state index contributed by atoms with van der Waals surface area (Å²) in [5, 5.41) is 11.2. The largest absolute Gasteiger partial charge is 0.495 e. The van der Waals surface area contributed by atoms with Crippen molar-refractivity contribution in [2.24, 2.45) is 0 Å². The van der Waals surface area contributed by atoms with E-state index >= 15 is 0 Å². The molecule has 0 aromatic heterocycles. The standard InChI is InChI=1S/C17H20N2O5S/c1-24-15-8-7-14(17(21)18-9-10-20)11-16(15)25(22,23)19-12-13-5-3-2-4-6-13/h2-8,11,19-20H,9-10,12H2,1H3,(H,18,21). The molecular weight excluding hydrogens is 344 g/mol. The highest BCUT2D eigenvalue weighted by Crippen LogP contribution is 2.25. The van der Waals surface area contributed by atoms with Gasteiger partial charge in [0.15, 0.2) is 0 Å². The van der Waals surface area contributed by atoms with Crippen molar-refractivity contribution in [3.8, 4) is 5.75 Å². The van der Waals surface area contributed by atoms with Crippen LogP contribution in [0.25, 0.3) is 0 Å². The summed E-state index contributed by atoms with van der Waals surface area (Å²) in [4.78, 5) is 11.9. The molecule has 0 aliphatic heterocycles. The van der Waals surface area contributed by atoms with Gasteiger partial charge in [0.1, 0.15) is 10.6 Å². The topological polar surface area (TPSA) is 105 Å². The van der Waals surface area contributed by atoms with Crippen molar-refractivity contribution >= 4 is 15.9 Å². The number of carbonyl (C=O) groups excluding carboxylic acids is 1. The van der Waals surface area contributed by atoms with E-state index in [1.165, 1.54) is 25.3 Å². The van der Waals surface area contributed by atoms with E-state index in [0.29, 0.717) is 0 Å². The zero-order valence-corrected chi connectivity index (χ0v) is 14.5. The van der Waals surface area contributed by atoms with Crippen LogP contribution in [0.5, 0.6) is 5.75 Å². The molecule has 2 aromatic rings. The highest BCUT2D eigenvalue weighted by Gasteiger charge is 2.21. The second-order valence-corrected chi connectivity index (χ2v) is 6.89. The van der Waals surface area contributed by atoms with E-state index in [9.17, 15) is 13.2 Å². The Morgan fingerprint density at radius 1 is 1.16 bits per heavy atom. The molecule has 0 unspecified atom stereocenters. The predicted octanol–water partition coefficient (Wildman–Crippen LogP) is 0.896. The van der Waals surface area contributed by atoms with Gasteiger partial charge in [0.2, 0.25) is 10.0 Å². The van der Waals surface area contributed by atoms with Gasteiger partial charge in [0.25, 0.3) is 5.91 Å². The van der Waals surface area contributed by atoms with Gasteiger partial charge < -0.3 is 15.2 Å². The molecule has 25 heavy (non-hydrogen) atoms. The number of aliphatic hydroxyl groups is 1. The Bertz CT molecular complexity index is 822. The molecule has 2 aromatic carbocycles. The number of hydrogen-bond acceptors (Lipinski definition) is 5. The van der Waals surface area contributed by atoms with Crippen LogP contribution < -0.4 is 14.8 Å². The lowest BCUT2D eigenvalue weighted by Gasteiger charge is -2.12. The number of sulfonamides is 1. The molecule has 0 spiro atoms. The number of carbonyl (C=O) groups is 1. The highest BCUT2D eigenvalue weighted by molar-refractivity contribution is 7.89. The number of hydrogen-bond donors (Lipinski definition) is 3. The monoisotopic (exact) mass is 364 g/mol. The summed E-state index contributed by atoms with van der Waals surface area (Å²) in [5.74, 6) is -0.338. The zero-order chi connectivity index (χ0) is 18.3. The molecule has 0 atom stereocenters. The number of rotatable bonds is 8. The number of amides is 1. The first kappa shape index (κ1) is 18.9. The molecule has 0 radical (unpaired) electrons. The average molecular weight is 364 g/mol. The maximum Gasteiger partial charge on any atom is 0.251 e. The number of aliphatic hydroxyl groups excluding tert-OH is 1. The first-order valence-electron chi connectivity index (χ1n) is 7.58. The van der Waals surface area contributed by atoms with Gasteiger partial charge >= 0.3 is 0 Å². The Kier molecular flexibility index (Phi) is 6.51. The lowest BCUT2D eigenvalue weighted by molar-refractivity contribution is 0.0944. The fourth-order valence-corrected chi connectivity index (χ4v) is 3.36. The second kappa shape index (κ2) is 8.61. The Balaban J connectivity index is 2.26. The lowest BCUT2D eigenvalue weighted by Crippen LogP contribution is -2.27. The van der Waals surface area contributed by atoms with Gasteiger partial charge in [-0.15, -0.1) is 0 Å². The average Bonchev–Trinajstić information content (AvgIpc) is 2.64. The first-order chi connectivity index (χ1) is 12.0. The molecule has 0 saturated carbocycles. The van der Waals surface area contributed by atoms with Gasteiger partial charge in [-0.05, 0) is 23.8 Å². The van der Waals surface area contributed by atoms with Gasteiger partial charge in [-0.1, -0.05) is 30.3 Å². The summed E-state index contributed by atoms with van der Waals surface area (Å²) < 4.78 is 32.8. The summed E-state index contributed by atoms with van der Waals surface area (Å²) >= 11 is 0. The first-order valence-corrected chi connectivity index (χ1v) is 9.07. The van der Waals surface area contributed by atoms with Crippen molar-refractivity contribution in [2.75, 3.05) is 20.3 Å². The van der Waals surface area contributed by atoms with Crippen LogP contribution in [-0.2, 0) is 16.6 Å². The lowest BCUT2D eigenvalue weighted by atomic mass is 10.2. The van der Waals surface area contributed by atoms with Gasteiger partial charge in [0.05, 0.1) is 13.7 Å². The van der Waals surface area contributed by atoms with Crippen LogP contribution in [0.2, 0.25) is 0 Å². The molecule has 0 fully saturated rings. The van der Waals surface area contributed by atoms with Crippen molar-refractivity contribution in [1.29, 1.82) is 0 Å². The van der Waals surface area contributed by atoms with Crippen molar-refractivity contribution in [3.63, 3.8) is 0 Å². The number of benzene rings is 2. The Hall–Kier alpha value is -2.42. The highest BCUT2D eigenvalue weighted by atomic mass is 32.2. The summed E-state index contributed by atoms with van der Waals surface area (Å²) in [7, 11) is -2.52. The molecule has 0 saturated heterocycles. The van der Waals surface area contributed by atoms with Crippen LogP contribution in [0, 0.1) is 0 Å². The van der Waals surface area contributed by atoms with E-state index in [1.807, 2.05) is 18.2 Å². The molecule has 0 aliphatic rings. The fraction of sp³-hybridized carbons (Fsp3) is 0.235. The SMILES string of the molecule is COc1ccc(C(=O)NCCO)cc1S(=O)(=O)NCc1ccccc1. The van der Waals surface area contributed by atoms with Crippen molar-refractivity contribution in [3.05, 3.63) is 59.7 Å². The van der Waals surface area contributed by atoms with Crippen molar-refractivity contribution < 1.29 is 23.1 Å². The van der Waals surface area contributed by atoms with Crippen LogP contribution in [0.15, 0.2) is 53.4 Å². The molecule has 0 heterocycles. The quantitative estimate of drug-likeness (QED) is 0.645. The predicted molar refractivity (Wildman–Crippen MR) is 92.9 cm³/mol. The molecule has 1 amide bonds. The van der Waals surface area contributed by atoms with E-state index < -0.39 is 15.9 Å². The second-order valence-electron chi connectivity index (χ2n) is 5.16. The minimum Gasteiger partial charge on any atom is -0.495 e. The van der Waals surface area contributed by atoms with E-state index in [0.717, 1.165) is 5.56 Å². The number of methoxy groups -OCH3 is 1. The molecule has 134 valence electrons. The third kappa shape index (κ3) is 5.02. The fourth-order valence-electron chi connectivity index (χ4n) is 2.15. The number of nitrogens with one attached hydrogen (secondary N) is 2. The van der Waals surface area contributed by atoms with E-state index in [2.05, 4.69) is 10.0 Å². The molecule has 8 heteroatoms. The van der Waals surface area contributed by atoms with Crippen LogP contribution in [0.3, 0.4) is 0 Å². The Morgan fingerprint density at radius 2 is 1.88 bits per heavy atom. The zero-order valence-electron chi connectivity index (χ0n) is 13.7. The van der Waals surface area contributed by atoms with E-state index in [-0.39, 0.29) is 35.9 Å². The van der Waals surface area contributed by atoms with E-state index in [4.69, 9.17) is 9.84 Å². The van der Waals surface area contributed by atoms with Crippen molar-refractivity contribution in [2.45, 2.75) is 11.4 Å². The van der Waals surface area contributed by atoms with Crippen LogP contribution in [0.1, 0.15) is 15.9 Å². The number of ether oxygens (including phenoxy) is 1. The summed E-state index contributed by atoms with van der Waals surface area (Å²) in [6.07, 6.45) is 0. The maximum absolute atomic E-state index is 12.6. The molecule has 2 rings (SSSR count). The minimum absolute atomic E-state index is 0.0825. The van der Waals surface area contributed by atoms with Gasteiger partial charge in [-0.3, -0.25) is 4.79 Å². The third-order valence-corrected chi connectivity index (χ3v) is 4.84.